The normalized spacial score (nSPS) is 12.2. The van der Waals surface area contributed by atoms with Gasteiger partial charge >= 0.3 is 6.18 Å². The summed E-state index contributed by atoms with van der Waals surface area (Å²) in [6, 6.07) is 6.88. The second-order valence-corrected chi connectivity index (χ2v) is 5.08. The Kier molecular flexibility index (Phi) is 4.09. The van der Waals surface area contributed by atoms with E-state index in [1.807, 2.05) is 26.0 Å². The maximum Gasteiger partial charge on any atom is 0.433 e. The summed E-state index contributed by atoms with van der Waals surface area (Å²) in [6.45, 7) is 4.05. The van der Waals surface area contributed by atoms with Gasteiger partial charge in [-0.3, -0.25) is 0 Å². The molecule has 0 aliphatic carbocycles. The molecule has 0 N–H and O–H groups in total. The molecule has 20 heavy (non-hydrogen) atoms. The first-order chi connectivity index (χ1) is 9.34. The van der Waals surface area contributed by atoms with Gasteiger partial charge in [-0.15, -0.1) is 11.6 Å². The van der Waals surface area contributed by atoms with Crippen molar-refractivity contribution >= 4 is 11.6 Å². The van der Waals surface area contributed by atoms with Crippen molar-refractivity contribution in [3.05, 3.63) is 47.3 Å². The van der Waals surface area contributed by atoms with Gasteiger partial charge in [0.2, 0.25) is 0 Å². The Morgan fingerprint density at radius 2 is 1.80 bits per heavy atom. The highest BCUT2D eigenvalue weighted by atomic mass is 35.5. The summed E-state index contributed by atoms with van der Waals surface area (Å²) in [5.74, 6) is 0.0982. The van der Waals surface area contributed by atoms with Crippen LogP contribution in [-0.2, 0) is 12.1 Å². The molecule has 0 aliphatic heterocycles. The Balaban J connectivity index is 2.50. The molecule has 2 rings (SSSR count). The summed E-state index contributed by atoms with van der Waals surface area (Å²) < 4.78 is 40.2. The van der Waals surface area contributed by atoms with E-state index in [0.717, 1.165) is 16.4 Å². The number of hydrogen-bond acceptors (Lipinski definition) is 1. The quantitative estimate of drug-likeness (QED) is 0.748. The van der Waals surface area contributed by atoms with E-state index in [9.17, 15) is 13.2 Å². The SMILES string of the molecule is CC(C)c1ccc(-n2ncc(CCl)c2C(F)(F)F)cc1. The smallest absolute Gasteiger partial charge is 0.228 e. The standard InChI is InChI=1S/C14H14ClF3N2/c1-9(2)10-3-5-12(6-4-10)20-13(14(16,17)18)11(7-15)8-19-20/h3-6,8-9H,7H2,1-2H3. The van der Waals surface area contributed by atoms with Crippen molar-refractivity contribution in [3.8, 4) is 5.69 Å². The van der Waals surface area contributed by atoms with Gasteiger partial charge in [-0.1, -0.05) is 26.0 Å². The second kappa shape index (κ2) is 5.48. The summed E-state index contributed by atoms with van der Waals surface area (Å²) >= 11 is 5.55. The number of benzene rings is 1. The molecule has 1 heterocycles. The molecule has 0 saturated carbocycles. The predicted octanol–water partition coefficient (Wildman–Crippen LogP) is 4.75. The van der Waals surface area contributed by atoms with Crippen molar-refractivity contribution in [3.63, 3.8) is 0 Å². The van der Waals surface area contributed by atoms with Crippen LogP contribution in [0, 0.1) is 0 Å². The lowest BCUT2D eigenvalue weighted by molar-refractivity contribution is -0.143. The minimum atomic E-state index is -4.49. The zero-order chi connectivity index (χ0) is 14.9. The third-order valence-electron chi connectivity index (χ3n) is 3.06. The maximum absolute atomic E-state index is 13.1. The molecule has 1 aromatic carbocycles. The van der Waals surface area contributed by atoms with Crippen LogP contribution >= 0.6 is 11.6 Å². The Morgan fingerprint density at radius 1 is 1.20 bits per heavy atom. The molecule has 0 saturated heterocycles. The second-order valence-electron chi connectivity index (χ2n) is 4.81. The molecule has 0 spiro atoms. The first kappa shape index (κ1) is 14.9. The van der Waals surface area contributed by atoms with E-state index < -0.39 is 11.9 Å². The minimum Gasteiger partial charge on any atom is -0.228 e. The fraction of sp³-hybridized carbons (Fsp3) is 0.357. The van der Waals surface area contributed by atoms with Crippen molar-refractivity contribution in [2.75, 3.05) is 0 Å². The van der Waals surface area contributed by atoms with Gasteiger partial charge in [-0.2, -0.15) is 18.3 Å². The maximum atomic E-state index is 13.1. The van der Waals surface area contributed by atoms with Gasteiger partial charge in [0.1, 0.15) is 0 Å². The first-order valence-corrected chi connectivity index (χ1v) is 6.68. The number of halogens is 4. The van der Waals surface area contributed by atoms with Crippen LogP contribution in [-0.4, -0.2) is 9.78 Å². The zero-order valence-corrected chi connectivity index (χ0v) is 11.8. The van der Waals surface area contributed by atoms with Gasteiger partial charge in [-0.05, 0) is 23.6 Å². The summed E-state index contributed by atoms with van der Waals surface area (Å²) in [7, 11) is 0. The van der Waals surface area contributed by atoms with Crippen molar-refractivity contribution < 1.29 is 13.2 Å². The molecule has 0 bridgehead atoms. The van der Waals surface area contributed by atoms with Crippen LogP contribution in [0.15, 0.2) is 30.5 Å². The van der Waals surface area contributed by atoms with Gasteiger partial charge in [-0.25, -0.2) is 4.68 Å². The van der Waals surface area contributed by atoms with E-state index in [-0.39, 0.29) is 11.4 Å². The van der Waals surface area contributed by atoms with Crippen LogP contribution in [0.1, 0.15) is 36.6 Å². The van der Waals surface area contributed by atoms with Gasteiger partial charge in [0, 0.05) is 5.56 Å². The van der Waals surface area contributed by atoms with E-state index in [1.54, 1.807) is 12.1 Å². The number of alkyl halides is 4. The number of aromatic nitrogens is 2. The lowest BCUT2D eigenvalue weighted by atomic mass is 10.0. The van der Waals surface area contributed by atoms with Crippen molar-refractivity contribution in [1.29, 1.82) is 0 Å². The van der Waals surface area contributed by atoms with Crippen LogP contribution in [0.5, 0.6) is 0 Å². The summed E-state index contributed by atoms with van der Waals surface area (Å²) in [5.41, 5.74) is 0.599. The summed E-state index contributed by atoms with van der Waals surface area (Å²) in [5, 5.41) is 3.81. The van der Waals surface area contributed by atoms with E-state index in [1.165, 1.54) is 0 Å². The van der Waals surface area contributed by atoms with Crippen molar-refractivity contribution in [1.82, 2.24) is 9.78 Å². The van der Waals surface area contributed by atoms with Gasteiger partial charge in [0.05, 0.1) is 17.8 Å². The van der Waals surface area contributed by atoms with Gasteiger partial charge in [0.25, 0.3) is 0 Å². The molecule has 2 aromatic rings. The Hall–Kier alpha value is -1.49. The van der Waals surface area contributed by atoms with Crippen LogP contribution in [0.25, 0.3) is 5.69 Å². The van der Waals surface area contributed by atoms with Crippen LogP contribution < -0.4 is 0 Å². The fourth-order valence-corrected chi connectivity index (χ4v) is 2.17. The molecule has 2 nitrogen and oxygen atoms in total. The minimum absolute atomic E-state index is 0.0212. The average Bonchev–Trinajstić information content (AvgIpc) is 2.82. The zero-order valence-electron chi connectivity index (χ0n) is 11.1. The molecule has 6 heteroatoms. The monoisotopic (exact) mass is 302 g/mol. The highest BCUT2D eigenvalue weighted by Crippen LogP contribution is 2.34. The average molecular weight is 303 g/mol. The third kappa shape index (κ3) is 2.82. The lowest BCUT2D eigenvalue weighted by Crippen LogP contribution is -2.15. The third-order valence-corrected chi connectivity index (χ3v) is 3.35. The van der Waals surface area contributed by atoms with Crippen LogP contribution in [0.4, 0.5) is 13.2 Å². The molecule has 1 aromatic heterocycles. The van der Waals surface area contributed by atoms with Crippen molar-refractivity contribution in [2.45, 2.75) is 31.8 Å². The lowest BCUT2D eigenvalue weighted by Gasteiger charge is -2.13. The molecule has 108 valence electrons. The Bertz CT molecular complexity index is 585. The Labute approximate surface area is 120 Å². The van der Waals surface area contributed by atoms with E-state index >= 15 is 0 Å². The number of hydrogen-bond donors (Lipinski definition) is 0. The topological polar surface area (TPSA) is 17.8 Å². The molecule has 0 atom stereocenters. The molecule has 0 aliphatic rings. The fourth-order valence-electron chi connectivity index (χ4n) is 1.98. The number of rotatable bonds is 3. The molecule has 0 unspecified atom stereocenters. The van der Waals surface area contributed by atoms with E-state index in [4.69, 9.17) is 11.6 Å². The number of nitrogens with zero attached hydrogens (tertiary/aromatic N) is 2. The van der Waals surface area contributed by atoms with Crippen LogP contribution in [0.3, 0.4) is 0 Å². The molecule has 0 fully saturated rings. The molecule has 0 amide bonds. The summed E-state index contributed by atoms with van der Waals surface area (Å²) in [4.78, 5) is 0. The largest absolute Gasteiger partial charge is 0.433 e. The molecular weight excluding hydrogens is 289 g/mol. The van der Waals surface area contributed by atoms with E-state index in [2.05, 4.69) is 5.10 Å². The molecule has 0 radical (unpaired) electrons. The van der Waals surface area contributed by atoms with E-state index in [0.29, 0.717) is 11.6 Å². The van der Waals surface area contributed by atoms with Gasteiger partial charge in [0.15, 0.2) is 5.69 Å². The summed E-state index contributed by atoms with van der Waals surface area (Å²) in [6.07, 6.45) is -3.33. The molecular formula is C14H14ClF3N2. The van der Waals surface area contributed by atoms with Crippen molar-refractivity contribution in [2.24, 2.45) is 0 Å². The highest BCUT2D eigenvalue weighted by molar-refractivity contribution is 6.17. The highest BCUT2D eigenvalue weighted by Gasteiger charge is 2.38. The first-order valence-electron chi connectivity index (χ1n) is 6.15. The predicted molar refractivity (Wildman–Crippen MR) is 72.2 cm³/mol. The van der Waals surface area contributed by atoms with Crippen LogP contribution in [0.2, 0.25) is 0 Å². The van der Waals surface area contributed by atoms with Gasteiger partial charge < -0.3 is 0 Å². The Morgan fingerprint density at radius 3 is 2.25 bits per heavy atom.